The number of carbonyl (C=O) groups excluding carboxylic acids is 1. The number of ketones is 1. The van der Waals surface area contributed by atoms with Gasteiger partial charge in [0.25, 0.3) is 0 Å². The Bertz CT molecular complexity index is 304. The maximum Gasteiger partial charge on any atom is 0.133 e. The third-order valence-electron chi connectivity index (χ3n) is 3.20. The van der Waals surface area contributed by atoms with Crippen molar-refractivity contribution in [2.45, 2.75) is 65.1 Å². The quantitative estimate of drug-likeness (QED) is 0.526. The summed E-state index contributed by atoms with van der Waals surface area (Å²) in [4.78, 5) is 11.3. The van der Waals surface area contributed by atoms with Crippen LogP contribution in [0.1, 0.15) is 45.4 Å². The molecular weight excluding hydrogens is 212 g/mol. The molecule has 1 aliphatic rings. The molecular formula is C14H24OSi. The third-order valence-corrected chi connectivity index (χ3v) is 4.07. The molecule has 0 radical (unpaired) electrons. The summed E-state index contributed by atoms with van der Waals surface area (Å²) in [6.45, 7) is 9.07. The van der Waals surface area contributed by atoms with E-state index in [1.54, 1.807) is 0 Å². The van der Waals surface area contributed by atoms with Gasteiger partial charge in [0.1, 0.15) is 13.9 Å². The van der Waals surface area contributed by atoms with Crippen LogP contribution < -0.4 is 0 Å². The van der Waals surface area contributed by atoms with Crippen LogP contribution in [0.15, 0.2) is 0 Å². The summed E-state index contributed by atoms with van der Waals surface area (Å²) < 4.78 is 0. The zero-order chi connectivity index (χ0) is 12.2. The minimum Gasteiger partial charge on any atom is -0.300 e. The van der Waals surface area contributed by atoms with Crippen molar-refractivity contribution in [2.24, 2.45) is 5.41 Å². The average Bonchev–Trinajstić information content (AvgIpc) is 2.19. The number of rotatable bonds is 2. The third kappa shape index (κ3) is 4.13. The Kier molecular flexibility index (Phi) is 4.38. The lowest BCUT2D eigenvalue weighted by Crippen LogP contribution is -2.27. The van der Waals surface area contributed by atoms with Crippen LogP contribution in [0.3, 0.4) is 0 Å². The summed E-state index contributed by atoms with van der Waals surface area (Å²) in [5.74, 6) is 3.99. The minimum absolute atomic E-state index is 0.170. The summed E-state index contributed by atoms with van der Waals surface area (Å²) in [5.41, 5.74) is 3.68. The van der Waals surface area contributed by atoms with Crippen molar-refractivity contribution in [3.05, 3.63) is 0 Å². The second kappa shape index (κ2) is 5.18. The van der Waals surface area contributed by atoms with E-state index in [9.17, 15) is 4.79 Å². The van der Waals surface area contributed by atoms with Gasteiger partial charge in [-0.3, -0.25) is 4.79 Å². The van der Waals surface area contributed by atoms with Gasteiger partial charge < -0.3 is 0 Å². The first-order valence-corrected chi connectivity index (χ1v) is 9.93. The second-order valence-corrected chi connectivity index (χ2v) is 10.8. The first-order valence-electron chi connectivity index (χ1n) is 6.43. The summed E-state index contributed by atoms with van der Waals surface area (Å²) in [6.07, 6.45) is 5.83. The van der Waals surface area contributed by atoms with Crippen LogP contribution in [0.25, 0.3) is 0 Å². The standard InChI is InChI=1S/C14H24OSi/c1-5-8-14(11-12-16(2,3)4)9-6-13(15)7-10-14/h5-10H2,1-4H3. The lowest BCUT2D eigenvalue weighted by Gasteiger charge is -2.32. The summed E-state index contributed by atoms with van der Waals surface area (Å²) in [7, 11) is -1.28. The van der Waals surface area contributed by atoms with Crippen molar-refractivity contribution in [3.8, 4) is 11.5 Å². The number of carbonyl (C=O) groups is 1. The highest BCUT2D eigenvalue weighted by Gasteiger charge is 2.32. The van der Waals surface area contributed by atoms with Gasteiger partial charge in [-0.05, 0) is 19.3 Å². The zero-order valence-corrected chi connectivity index (χ0v) is 12.2. The lowest BCUT2D eigenvalue weighted by molar-refractivity contribution is -0.121. The SMILES string of the molecule is CCCC1(C#C[Si](C)(C)C)CCC(=O)CC1. The van der Waals surface area contributed by atoms with Crippen LogP contribution in [0, 0.1) is 16.9 Å². The molecule has 2 heteroatoms. The molecule has 0 N–H and O–H groups in total. The number of hydrogen-bond acceptors (Lipinski definition) is 1. The fraction of sp³-hybridized carbons (Fsp3) is 0.786. The average molecular weight is 236 g/mol. The van der Waals surface area contributed by atoms with Crippen molar-refractivity contribution >= 4 is 13.9 Å². The Morgan fingerprint density at radius 1 is 1.25 bits per heavy atom. The van der Waals surface area contributed by atoms with Crippen molar-refractivity contribution < 1.29 is 4.79 Å². The Balaban J connectivity index is 2.80. The Hall–Kier alpha value is -0.553. The van der Waals surface area contributed by atoms with Crippen molar-refractivity contribution in [3.63, 3.8) is 0 Å². The Labute approximate surface area is 101 Å². The smallest absolute Gasteiger partial charge is 0.133 e. The van der Waals surface area contributed by atoms with Crippen molar-refractivity contribution in [2.75, 3.05) is 0 Å². The van der Waals surface area contributed by atoms with Crippen LogP contribution >= 0.6 is 0 Å². The fourth-order valence-corrected chi connectivity index (χ4v) is 2.88. The first kappa shape index (κ1) is 13.5. The van der Waals surface area contributed by atoms with Gasteiger partial charge in [-0.15, -0.1) is 11.5 Å². The van der Waals surface area contributed by atoms with Gasteiger partial charge in [0, 0.05) is 18.3 Å². The summed E-state index contributed by atoms with van der Waals surface area (Å²) in [6, 6.07) is 0. The lowest BCUT2D eigenvalue weighted by atomic mass is 9.71. The van der Waals surface area contributed by atoms with Gasteiger partial charge in [0.2, 0.25) is 0 Å². The van der Waals surface area contributed by atoms with Gasteiger partial charge in [-0.25, -0.2) is 0 Å². The molecule has 1 fully saturated rings. The minimum atomic E-state index is -1.28. The van der Waals surface area contributed by atoms with Crippen molar-refractivity contribution in [1.29, 1.82) is 0 Å². The van der Waals surface area contributed by atoms with E-state index in [2.05, 4.69) is 38.0 Å². The van der Waals surface area contributed by atoms with E-state index >= 15 is 0 Å². The van der Waals surface area contributed by atoms with Crippen LogP contribution in [-0.2, 0) is 4.79 Å². The molecule has 0 aromatic rings. The highest BCUT2D eigenvalue weighted by Crippen LogP contribution is 2.38. The molecule has 0 amide bonds. The van der Waals surface area contributed by atoms with Gasteiger partial charge in [0.15, 0.2) is 0 Å². The maximum atomic E-state index is 11.3. The topological polar surface area (TPSA) is 17.1 Å². The molecule has 0 bridgehead atoms. The maximum absolute atomic E-state index is 11.3. The van der Waals surface area contributed by atoms with E-state index in [-0.39, 0.29) is 5.41 Å². The largest absolute Gasteiger partial charge is 0.300 e. The zero-order valence-electron chi connectivity index (χ0n) is 11.2. The fourth-order valence-electron chi connectivity index (χ4n) is 2.24. The second-order valence-electron chi connectivity index (χ2n) is 6.07. The molecule has 1 aliphatic carbocycles. The highest BCUT2D eigenvalue weighted by molar-refractivity contribution is 6.83. The van der Waals surface area contributed by atoms with E-state index in [1.165, 1.54) is 6.42 Å². The normalized spacial score (nSPS) is 20.1. The van der Waals surface area contributed by atoms with Gasteiger partial charge >= 0.3 is 0 Å². The summed E-state index contributed by atoms with van der Waals surface area (Å²) >= 11 is 0. The Morgan fingerprint density at radius 2 is 1.81 bits per heavy atom. The molecule has 0 aliphatic heterocycles. The van der Waals surface area contributed by atoms with Gasteiger partial charge in [-0.2, -0.15) is 0 Å². The van der Waals surface area contributed by atoms with E-state index in [0.717, 1.165) is 32.1 Å². The molecule has 0 aromatic carbocycles. The number of hydrogen-bond donors (Lipinski definition) is 0. The van der Waals surface area contributed by atoms with Crippen LogP contribution in [0.5, 0.6) is 0 Å². The molecule has 0 atom stereocenters. The van der Waals surface area contributed by atoms with Crippen LogP contribution in [-0.4, -0.2) is 13.9 Å². The molecule has 0 spiro atoms. The van der Waals surface area contributed by atoms with E-state index < -0.39 is 8.07 Å². The van der Waals surface area contributed by atoms with Gasteiger partial charge in [0.05, 0.1) is 0 Å². The molecule has 1 saturated carbocycles. The molecule has 0 heterocycles. The predicted molar refractivity (Wildman–Crippen MR) is 71.9 cm³/mol. The number of Topliss-reactive ketones (excluding diaryl/α,β-unsaturated/α-hetero) is 1. The molecule has 0 unspecified atom stereocenters. The monoisotopic (exact) mass is 236 g/mol. The molecule has 90 valence electrons. The first-order chi connectivity index (χ1) is 7.37. The van der Waals surface area contributed by atoms with E-state index in [0.29, 0.717) is 5.78 Å². The van der Waals surface area contributed by atoms with Crippen LogP contribution in [0.2, 0.25) is 19.6 Å². The molecule has 0 saturated heterocycles. The van der Waals surface area contributed by atoms with Crippen molar-refractivity contribution in [1.82, 2.24) is 0 Å². The molecule has 1 nitrogen and oxygen atoms in total. The van der Waals surface area contributed by atoms with Gasteiger partial charge in [-0.1, -0.05) is 33.0 Å². The molecule has 16 heavy (non-hydrogen) atoms. The summed E-state index contributed by atoms with van der Waals surface area (Å²) in [5, 5.41) is 0. The Morgan fingerprint density at radius 3 is 2.25 bits per heavy atom. The predicted octanol–water partition coefficient (Wildman–Crippen LogP) is 3.80. The van der Waals surface area contributed by atoms with Crippen LogP contribution in [0.4, 0.5) is 0 Å². The van der Waals surface area contributed by atoms with E-state index in [4.69, 9.17) is 0 Å². The molecule has 1 rings (SSSR count). The molecule has 0 aromatic heterocycles. The van der Waals surface area contributed by atoms with E-state index in [1.807, 2.05) is 0 Å². The highest BCUT2D eigenvalue weighted by atomic mass is 28.3.